The maximum Gasteiger partial charge on any atom is 0.123 e. The predicted octanol–water partition coefficient (Wildman–Crippen LogP) is 3.16. The van der Waals surface area contributed by atoms with E-state index in [1.165, 1.54) is 0 Å². The summed E-state index contributed by atoms with van der Waals surface area (Å²) in [6.45, 7) is 1.87. The molecular formula is C10H10BrNO. The first-order chi connectivity index (χ1) is 6.29. The van der Waals surface area contributed by atoms with Crippen molar-refractivity contribution in [2.45, 2.75) is 6.92 Å². The van der Waals surface area contributed by atoms with Gasteiger partial charge in [0, 0.05) is 10.0 Å². The van der Waals surface area contributed by atoms with E-state index in [1.54, 1.807) is 0 Å². The highest BCUT2D eigenvalue weighted by atomic mass is 79.9. The molecule has 0 saturated carbocycles. The van der Waals surface area contributed by atoms with Gasteiger partial charge in [-0.2, -0.15) is 0 Å². The predicted molar refractivity (Wildman–Crippen MR) is 57.4 cm³/mol. The van der Waals surface area contributed by atoms with E-state index in [-0.39, 0.29) is 0 Å². The van der Waals surface area contributed by atoms with Crippen LogP contribution < -0.4 is 0 Å². The van der Waals surface area contributed by atoms with E-state index in [0.29, 0.717) is 5.71 Å². The summed E-state index contributed by atoms with van der Waals surface area (Å²) >= 11 is 3.31. The zero-order chi connectivity index (χ0) is 9.68. The monoisotopic (exact) mass is 239 g/mol. The maximum atomic E-state index is 8.80. The van der Waals surface area contributed by atoms with Crippen molar-refractivity contribution in [2.75, 3.05) is 0 Å². The Morgan fingerprint density at radius 3 is 2.46 bits per heavy atom. The smallest absolute Gasteiger partial charge is 0.123 e. The highest BCUT2D eigenvalue weighted by Crippen LogP contribution is 2.14. The van der Waals surface area contributed by atoms with Crippen LogP contribution in [-0.2, 0) is 0 Å². The number of benzene rings is 1. The molecule has 0 aromatic heterocycles. The van der Waals surface area contributed by atoms with Gasteiger partial charge in [-0.25, -0.2) is 0 Å². The summed E-state index contributed by atoms with van der Waals surface area (Å²) in [7, 11) is 0. The highest BCUT2D eigenvalue weighted by Gasteiger charge is 2.05. The van der Waals surface area contributed by atoms with Gasteiger partial charge in [-0.05, 0) is 22.9 Å². The van der Waals surface area contributed by atoms with Crippen molar-refractivity contribution < 1.29 is 5.21 Å². The van der Waals surface area contributed by atoms with Crippen LogP contribution in [0.3, 0.4) is 0 Å². The van der Waals surface area contributed by atoms with E-state index >= 15 is 0 Å². The molecule has 0 bridgehead atoms. The summed E-state index contributed by atoms with van der Waals surface area (Å²) in [5.74, 6) is 0. The molecule has 1 N–H and O–H groups in total. The Balaban J connectivity index is 3.07. The second kappa shape index (κ2) is 4.82. The highest BCUT2D eigenvalue weighted by molar-refractivity contribution is 9.12. The molecule has 0 aliphatic carbocycles. The SMILES string of the molecule is C/C=C(Br)/C(=N\O)c1ccccc1. The van der Waals surface area contributed by atoms with Crippen LogP contribution in [0, 0.1) is 0 Å². The molecule has 0 spiro atoms. The van der Waals surface area contributed by atoms with Crippen LogP contribution in [0.4, 0.5) is 0 Å². The van der Waals surface area contributed by atoms with Crippen LogP contribution in [0.15, 0.2) is 46.0 Å². The van der Waals surface area contributed by atoms with Gasteiger partial charge in [-0.15, -0.1) is 0 Å². The Labute approximate surface area is 85.7 Å². The van der Waals surface area contributed by atoms with Crippen LogP contribution in [0.25, 0.3) is 0 Å². The number of oxime groups is 1. The molecule has 2 nitrogen and oxygen atoms in total. The lowest BCUT2D eigenvalue weighted by Gasteiger charge is -2.01. The van der Waals surface area contributed by atoms with E-state index in [9.17, 15) is 0 Å². The molecule has 0 unspecified atom stereocenters. The van der Waals surface area contributed by atoms with Gasteiger partial charge in [0.15, 0.2) is 0 Å². The molecule has 0 amide bonds. The van der Waals surface area contributed by atoms with E-state index in [1.807, 2.05) is 43.3 Å². The van der Waals surface area contributed by atoms with E-state index in [0.717, 1.165) is 10.0 Å². The first-order valence-corrected chi connectivity index (χ1v) is 4.68. The third kappa shape index (κ3) is 2.42. The minimum atomic E-state index is 0.545. The van der Waals surface area contributed by atoms with Crippen LogP contribution in [-0.4, -0.2) is 10.9 Å². The zero-order valence-electron chi connectivity index (χ0n) is 7.24. The van der Waals surface area contributed by atoms with Gasteiger partial charge in [0.2, 0.25) is 0 Å². The number of halogens is 1. The van der Waals surface area contributed by atoms with Crippen molar-refractivity contribution >= 4 is 21.6 Å². The topological polar surface area (TPSA) is 32.6 Å². The average molecular weight is 240 g/mol. The Kier molecular flexibility index (Phi) is 3.71. The van der Waals surface area contributed by atoms with Crippen molar-refractivity contribution in [3.8, 4) is 0 Å². The van der Waals surface area contributed by atoms with Crippen molar-refractivity contribution in [1.82, 2.24) is 0 Å². The minimum Gasteiger partial charge on any atom is -0.410 e. The summed E-state index contributed by atoms with van der Waals surface area (Å²) in [6, 6.07) is 9.49. The molecule has 1 aromatic carbocycles. The van der Waals surface area contributed by atoms with Gasteiger partial charge in [-0.3, -0.25) is 0 Å². The lowest BCUT2D eigenvalue weighted by Crippen LogP contribution is -1.99. The molecular weight excluding hydrogens is 230 g/mol. The fourth-order valence-corrected chi connectivity index (χ4v) is 1.28. The average Bonchev–Trinajstić information content (AvgIpc) is 2.20. The van der Waals surface area contributed by atoms with Crippen LogP contribution in [0.2, 0.25) is 0 Å². The van der Waals surface area contributed by atoms with Crippen LogP contribution >= 0.6 is 15.9 Å². The molecule has 0 heterocycles. The van der Waals surface area contributed by atoms with Crippen molar-refractivity contribution in [3.63, 3.8) is 0 Å². The van der Waals surface area contributed by atoms with E-state index < -0.39 is 0 Å². The van der Waals surface area contributed by atoms with Crippen LogP contribution in [0.5, 0.6) is 0 Å². The molecule has 0 radical (unpaired) electrons. The second-order valence-electron chi connectivity index (χ2n) is 2.45. The minimum absolute atomic E-state index is 0.545. The molecule has 1 rings (SSSR count). The molecule has 0 aliphatic rings. The summed E-state index contributed by atoms with van der Waals surface area (Å²) in [6.07, 6.45) is 1.84. The number of nitrogens with zero attached hydrogens (tertiary/aromatic N) is 1. The van der Waals surface area contributed by atoms with Crippen molar-refractivity contribution in [1.29, 1.82) is 0 Å². The lowest BCUT2D eigenvalue weighted by atomic mass is 10.1. The zero-order valence-corrected chi connectivity index (χ0v) is 8.82. The Morgan fingerprint density at radius 1 is 1.38 bits per heavy atom. The van der Waals surface area contributed by atoms with Gasteiger partial charge in [0.1, 0.15) is 5.71 Å². The summed E-state index contributed by atoms with van der Waals surface area (Å²) < 4.78 is 0.779. The fourth-order valence-electron chi connectivity index (χ4n) is 0.976. The number of hydrogen-bond acceptors (Lipinski definition) is 2. The van der Waals surface area contributed by atoms with Gasteiger partial charge < -0.3 is 5.21 Å². The number of hydrogen-bond donors (Lipinski definition) is 1. The fraction of sp³-hybridized carbons (Fsp3) is 0.100. The molecule has 0 fully saturated rings. The quantitative estimate of drug-likeness (QED) is 0.480. The molecule has 0 atom stereocenters. The Bertz CT molecular complexity index is 330. The second-order valence-corrected chi connectivity index (χ2v) is 3.31. The summed E-state index contributed by atoms with van der Waals surface area (Å²) in [5, 5.41) is 12.0. The molecule has 3 heteroatoms. The number of rotatable bonds is 2. The van der Waals surface area contributed by atoms with Gasteiger partial charge >= 0.3 is 0 Å². The van der Waals surface area contributed by atoms with E-state index in [4.69, 9.17) is 5.21 Å². The van der Waals surface area contributed by atoms with Gasteiger partial charge in [0.05, 0.1) is 0 Å². The first kappa shape index (κ1) is 9.99. The molecule has 0 aliphatic heterocycles. The third-order valence-corrected chi connectivity index (χ3v) is 2.46. The molecule has 68 valence electrons. The summed E-state index contributed by atoms with van der Waals surface area (Å²) in [4.78, 5) is 0. The molecule has 1 aromatic rings. The van der Waals surface area contributed by atoms with Gasteiger partial charge in [-0.1, -0.05) is 41.6 Å². The molecule has 0 saturated heterocycles. The first-order valence-electron chi connectivity index (χ1n) is 3.89. The Hall–Kier alpha value is -1.09. The Morgan fingerprint density at radius 2 is 2.00 bits per heavy atom. The standard InChI is InChI=1S/C10H10BrNO/c1-2-9(11)10(12-13)8-6-4-3-5-7-8/h2-7,13H,1H3/b9-2-,12-10-. The van der Waals surface area contributed by atoms with Crippen LogP contribution in [0.1, 0.15) is 12.5 Å². The lowest BCUT2D eigenvalue weighted by molar-refractivity contribution is 0.320. The number of allylic oxidation sites excluding steroid dienone is 2. The van der Waals surface area contributed by atoms with Crippen molar-refractivity contribution in [3.05, 3.63) is 46.5 Å². The van der Waals surface area contributed by atoms with E-state index in [2.05, 4.69) is 21.1 Å². The molecule has 13 heavy (non-hydrogen) atoms. The van der Waals surface area contributed by atoms with Crippen molar-refractivity contribution in [2.24, 2.45) is 5.16 Å². The maximum absolute atomic E-state index is 8.80. The normalized spacial score (nSPS) is 13.1. The van der Waals surface area contributed by atoms with Gasteiger partial charge in [0.25, 0.3) is 0 Å². The largest absolute Gasteiger partial charge is 0.410 e. The third-order valence-electron chi connectivity index (χ3n) is 1.63. The summed E-state index contributed by atoms with van der Waals surface area (Å²) in [5.41, 5.74) is 1.43.